The number of rotatable bonds is 3. The van der Waals surface area contributed by atoms with Gasteiger partial charge in [0.25, 0.3) is 0 Å². The fourth-order valence-electron chi connectivity index (χ4n) is 2.59. The van der Waals surface area contributed by atoms with Crippen LogP contribution in [0.4, 0.5) is 0 Å². The van der Waals surface area contributed by atoms with Crippen LogP contribution in [0.3, 0.4) is 0 Å². The van der Waals surface area contributed by atoms with Crippen molar-refractivity contribution in [1.82, 2.24) is 0 Å². The fourth-order valence-corrected chi connectivity index (χ4v) is 2.59. The summed E-state index contributed by atoms with van der Waals surface area (Å²) in [5.74, 6) is 1.03. The molecule has 0 aromatic heterocycles. The van der Waals surface area contributed by atoms with Crippen LogP contribution in [0.2, 0.25) is 0 Å². The van der Waals surface area contributed by atoms with Crippen LogP contribution in [0.15, 0.2) is 0 Å². The summed E-state index contributed by atoms with van der Waals surface area (Å²) >= 11 is 0. The van der Waals surface area contributed by atoms with Crippen molar-refractivity contribution in [2.75, 3.05) is 6.54 Å². The zero-order valence-corrected chi connectivity index (χ0v) is 9.30. The molecule has 0 radical (unpaired) electrons. The number of aliphatic hydroxyl groups is 1. The molecule has 1 saturated carbocycles. The minimum absolute atomic E-state index is 0.0983. The van der Waals surface area contributed by atoms with E-state index in [0.717, 1.165) is 12.8 Å². The maximum atomic E-state index is 10.5. The Morgan fingerprint density at radius 1 is 1.54 bits per heavy atom. The van der Waals surface area contributed by atoms with Crippen molar-refractivity contribution in [2.24, 2.45) is 23.0 Å². The maximum Gasteiger partial charge on any atom is 0.0743 e. The van der Waals surface area contributed by atoms with Gasteiger partial charge in [0.2, 0.25) is 0 Å². The summed E-state index contributed by atoms with van der Waals surface area (Å²) in [5, 5.41) is 10.5. The first-order chi connectivity index (χ1) is 5.91. The van der Waals surface area contributed by atoms with Gasteiger partial charge in [0.15, 0.2) is 0 Å². The zero-order chi connectivity index (χ0) is 10.3. The van der Waals surface area contributed by atoms with Gasteiger partial charge in [-0.05, 0) is 24.7 Å². The summed E-state index contributed by atoms with van der Waals surface area (Å²) in [5.41, 5.74) is 5.14. The second-order valence-corrected chi connectivity index (χ2v) is 5.01. The van der Waals surface area contributed by atoms with Crippen LogP contribution in [0.25, 0.3) is 0 Å². The Morgan fingerprint density at radius 3 is 2.31 bits per heavy atom. The molecule has 1 rings (SSSR count). The molecule has 78 valence electrons. The molecule has 0 aliphatic heterocycles. The smallest absolute Gasteiger partial charge is 0.0743 e. The lowest BCUT2D eigenvalue weighted by Gasteiger charge is -2.58. The van der Waals surface area contributed by atoms with Crippen LogP contribution in [0.5, 0.6) is 0 Å². The van der Waals surface area contributed by atoms with Crippen molar-refractivity contribution in [3.8, 4) is 0 Å². The molecule has 0 aromatic carbocycles. The average Bonchev–Trinajstić information content (AvgIpc) is 2.15. The third-order valence-corrected chi connectivity index (χ3v) is 4.52. The van der Waals surface area contributed by atoms with Crippen LogP contribution in [0.1, 0.15) is 40.5 Å². The molecule has 3 N–H and O–H groups in total. The highest BCUT2D eigenvalue weighted by Gasteiger charge is 2.57. The van der Waals surface area contributed by atoms with E-state index in [1.807, 2.05) is 0 Å². The first-order valence-electron chi connectivity index (χ1n) is 5.33. The SMILES string of the molecule is CCC(C)(CN)C1(O)CC(C)C1C. The third kappa shape index (κ3) is 1.31. The molecule has 2 nitrogen and oxygen atoms in total. The van der Waals surface area contributed by atoms with Crippen molar-refractivity contribution in [1.29, 1.82) is 0 Å². The molecule has 13 heavy (non-hydrogen) atoms. The van der Waals surface area contributed by atoms with Crippen LogP contribution in [-0.4, -0.2) is 17.3 Å². The summed E-state index contributed by atoms with van der Waals surface area (Å²) < 4.78 is 0. The van der Waals surface area contributed by atoms with Gasteiger partial charge in [-0.1, -0.05) is 27.7 Å². The first-order valence-corrected chi connectivity index (χ1v) is 5.33. The monoisotopic (exact) mass is 185 g/mol. The van der Waals surface area contributed by atoms with Crippen LogP contribution in [-0.2, 0) is 0 Å². The molecule has 2 heteroatoms. The summed E-state index contributed by atoms with van der Waals surface area (Å²) in [6.45, 7) is 9.14. The Kier molecular flexibility index (Phi) is 2.75. The topological polar surface area (TPSA) is 46.2 Å². The molecule has 4 unspecified atom stereocenters. The van der Waals surface area contributed by atoms with Crippen LogP contribution in [0, 0.1) is 17.3 Å². The standard InChI is InChI=1S/C11H23NO/c1-5-10(4,7-12)11(13)6-8(2)9(11)3/h8-9,13H,5-7,12H2,1-4H3. The lowest BCUT2D eigenvalue weighted by Crippen LogP contribution is -2.63. The molecule has 0 saturated heterocycles. The molecular formula is C11H23NO. The average molecular weight is 185 g/mol. The largest absolute Gasteiger partial charge is 0.389 e. The predicted molar refractivity (Wildman–Crippen MR) is 55.3 cm³/mol. The summed E-state index contributed by atoms with van der Waals surface area (Å²) in [6, 6.07) is 0. The van der Waals surface area contributed by atoms with Crippen molar-refractivity contribution in [3.05, 3.63) is 0 Å². The Labute approximate surface area is 81.5 Å². The van der Waals surface area contributed by atoms with Crippen molar-refractivity contribution in [2.45, 2.75) is 46.1 Å². The molecule has 1 fully saturated rings. The van der Waals surface area contributed by atoms with Crippen LogP contribution >= 0.6 is 0 Å². The first kappa shape index (κ1) is 11.0. The number of hydrogen-bond donors (Lipinski definition) is 2. The van der Waals surface area contributed by atoms with E-state index in [4.69, 9.17) is 5.73 Å². The van der Waals surface area contributed by atoms with Crippen molar-refractivity contribution >= 4 is 0 Å². The number of nitrogens with two attached hydrogens (primary N) is 1. The molecule has 0 aromatic rings. The highest BCUT2D eigenvalue weighted by atomic mass is 16.3. The van der Waals surface area contributed by atoms with Gasteiger partial charge in [-0.15, -0.1) is 0 Å². The third-order valence-electron chi connectivity index (χ3n) is 4.52. The highest BCUT2D eigenvalue weighted by Crippen LogP contribution is 2.54. The van der Waals surface area contributed by atoms with E-state index in [0.29, 0.717) is 18.4 Å². The lowest BCUT2D eigenvalue weighted by atomic mass is 9.51. The Hall–Kier alpha value is -0.0800. The van der Waals surface area contributed by atoms with Gasteiger partial charge in [0.05, 0.1) is 5.60 Å². The molecular weight excluding hydrogens is 162 g/mol. The van der Waals surface area contributed by atoms with Crippen molar-refractivity contribution in [3.63, 3.8) is 0 Å². The van der Waals surface area contributed by atoms with E-state index >= 15 is 0 Å². The van der Waals surface area contributed by atoms with Gasteiger partial charge < -0.3 is 10.8 Å². The normalized spacial score (nSPS) is 43.8. The Balaban J connectivity index is 2.81. The summed E-state index contributed by atoms with van der Waals surface area (Å²) in [6.07, 6.45) is 1.87. The van der Waals surface area contributed by atoms with Gasteiger partial charge in [0.1, 0.15) is 0 Å². The van der Waals surface area contributed by atoms with E-state index in [9.17, 15) is 5.11 Å². The molecule has 0 amide bonds. The van der Waals surface area contributed by atoms with Gasteiger partial charge >= 0.3 is 0 Å². The minimum atomic E-state index is -0.518. The fraction of sp³-hybridized carbons (Fsp3) is 1.00. The van der Waals surface area contributed by atoms with Gasteiger partial charge in [-0.2, -0.15) is 0 Å². The van der Waals surface area contributed by atoms with Gasteiger partial charge in [0, 0.05) is 12.0 Å². The van der Waals surface area contributed by atoms with Gasteiger partial charge in [-0.25, -0.2) is 0 Å². The molecule has 0 heterocycles. The minimum Gasteiger partial charge on any atom is -0.389 e. The van der Waals surface area contributed by atoms with E-state index in [-0.39, 0.29) is 5.41 Å². The summed E-state index contributed by atoms with van der Waals surface area (Å²) in [7, 11) is 0. The molecule has 0 bridgehead atoms. The quantitative estimate of drug-likeness (QED) is 0.704. The van der Waals surface area contributed by atoms with Crippen LogP contribution < -0.4 is 5.73 Å². The molecule has 1 aliphatic rings. The van der Waals surface area contributed by atoms with Crippen molar-refractivity contribution < 1.29 is 5.11 Å². The van der Waals surface area contributed by atoms with E-state index < -0.39 is 5.60 Å². The van der Waals surface area contributed by atoms with E-state index in [2.05, 4.69) is 27.7 Å². The lowest BCUT2D eigenvalue weighted by molar-refractivity contribution is -0.200. The Morgan fingerprint density at radius 2 is 2.08 bits per heavy atom. The maximum absolute atomic E-state index is 10.5. The molecule has 0 spiro atoms. The second kappa shape index (κ2) is 3.25. The second-order valence-electron chi connectivity index (χ2n) is 5.01. The predicted octanol–water partition coefficient (Wildman–Crippen LogP) is 1.77. The Bertz CT molecular complexity index is 189. The molecule has 1 aliphatic carbocycles. The van der Waals surface area contributed by atoms with E-state index in [1.165, 1.54) is 0 Å². The highest BCUT2D eigenvalue weighted by molar-refractivity contribution is 5.08. The summed E-state index contributed by atoms with van der Waals surface area (Å²) in [4.78, 5) is 0. The zero-order valence-electron chi connectivity index (χ0n) is 9.30. The molecule has 4 atom stereocenters. The number of hydrogen-bond acceptors (Lipinski definition) is 2. The van der Waals surface area contributed by atoms with Gasteiger partial charge in [-0.3, -0.25) is 0 Å². The van der Waals surface area contributed by atoms with E-state index in [1.54, 1.807) is 0 Å².